The second kappa shape index (κ2) is 9.52. The van der Waals surface area contributed by atoms with Gasteiger partial charge in [0.15, 0.2) is 0 Å². The van der Waals surface area contributed by atoms with Gasteiger partial charge in [-0.15, -0.1) is 0 Å². The first kappa shape index (κ1) is 16.4. The molecule has 0 fully saturated rings. The van der Waals surface area contributed by atoms with Gasteiger partial charge in [0, 0.05) is 6.12 Å². The molecule has 0 N–H and O–H groups in total. The van der Waals surface area contributed by atoms with E-state index in [0.29, 0.717) is 13.2 Å². The summed E-state index contributed by atoms with van der Waals surface area (Å²) in [4.78, 5) is 0. The maximum Gasteiger partial charge on any atom is 1.00 e. The van der Waals surface area contributed by atoms with Crippen molar-refractivity contribution in [1.82, 2.24) is 0 Å². The minimum absolute atomic E-state index is 0. The van der Waals surface area contributed by atoms with Crippen LogP contribution in [0.25, 0.3) is 0 Å². The predicted octanol–water partition coefficient (Wildman–Crippen LogP) is 2.23. The van der Waals surface area contributed by atoms with Gasteiger partial charge < -0.3 is 24.5 Å². The van der Waals surface area contributed by atoms with Gasteiger partial charge in [-0.25, -0.2) is 0 Å². The van der Waals surface area contributed by atoms with Crippen LogP contribution >= 0.6 is 6.12 Å². The fraction of sp³-hybridized carbons (Fsp3) is 1.00. The molecule has 0 radical (unpaired) electrons. The van der Waals surface area contributed by atoms with Gasteiger partial charge in [0.1, 0.15) is 0 Å². The maximum absolute atomic E-state index is 5.20. The summed E-state index contributed by atoms with van der Waals surface area (Å²) in [5, 5.41) is 0. The van der Waals surface area contributed by atoms with Crippen LogP contribution in [0.15, 0.2) is 0 Å². The largest absolute Gasteiger partial charge is 1.00 e. The molecule has 0 saturated heterocycles. The van der Waals surface area contributed by atoms with Crippen molar-refractivity contribution in [3.8, 4) is 0 Å². The van der Waals surface area contributed by atoms with Crippen LogP contribution in [0.4, 0.5) is 0 Å². The number of hydrogen-bond acceptors (Lipinski definition) is 4. The van der Waals surface area contributed by atoms with Crippen molar-refractivity contribution in [3.05, 3.63) is 0 Å². The van der Waals surface area contributed by atoms with E-state index in [4.69, 9.17) is 33.5 Å². The Hall–Kier alpha value is 1.97. The van der Waals surface area contributed by atoms with E-state index in [1.54, 1.807) is 0 Å². The Labute approximate surface area is 106 Å². The molecule has 0 aliphatic rings. The fourth-order valence-corrected chi connectivity index (χ4v) is 2.22. The standard InChI is InChI=1S/C6H15O2PS2.Tl/c1-3-5-7-9(10,11)8-6-4-2;/h3-6H2,1-2H3,(H,10,11);/q;+1/p-1. The molecular formula is C6H14O2PS2Tl. The third-order valence-corrected chi connectivity index (χ3v) is 3.17. The van der Waals surface area contributed by atoms with Crippen LogP contribution in [-0.2, 0) is 33.5 Å². The molecule has 12 heavy (non-hydrogen) atoms. The summed E-state index contributed by atoms with van der Waals surface area (Å²) in [6, 6.07) is 0. The van der Waals surface area contributed by atoms with Crippen LogP contribution in [0.2, 0.25) is 0 Å². The summed E-state index contributed by atoms with van der Waals surface area (Å²) in [6.45, 7) is 5.27. The molecule has 0 aromatic rings. The smallest absolute Gasteiger partial charge is 0.516 e. The van der Waals surface area contributed by atoms with E-state index in [1.807, 2.05) is 13.8 Å². The molecular weight excluding hydrogens is 404 g/mol. The molecule has 0 aliphatic heterocycles. The summed E-state index contributed by atoms with van der Waals surface area (Å²) < 4.78 is 10.4. The number of rotatable bonds is 6. The van der Waals surface area contributed by atoms with E-state index in [9.17, 15) is 0 Å². The zero-order valence-corrected chi connectivity index (χ0v) is 14.5. The predicted molar refractivity (Wildman–Crippen MR) is 59.9 cm³/mol. The fourth-order valence-electron chi connectivity index (χ4n) is 0.443. The SMILES string of the molecule is CCCO[P+]([S-])([S-])OCCC.[Tl+]. The van der Waals surface area contributed by atoms with Gasteiger partial charge in [0.05, 0.1) is 13.2 Å². The zero-order valence-electron chi connectivity index (χ0n) is 7.49. The van der Waals surface area contributed by atoms with Gasteiger partial charge in [-0.3, -0.25) is 9.05 Å². The van der Waals surface area contributed by atoms with E-state index in [0.717, 1.165) is 12.8 Å². The van der Waals surface area contributed by atoms with Crippen LogP contribution in [0.3, 0.4) is 0 Å². The average Bonchev–Trinajstić information content (AvgIpc) is 1.97. The van der Waals surface area contributed by atoms with E-state index in [2.05, 4.69) is 0 Å². The third-order valence-electron chi connectivity index (χ3n) is 0.907. The molecule has 0 rings (SSSR count). The van der Waals surface area contributed by atoms with Crippen molar-refractivity contribution in [1.29, 1.82) is 0 Å². The van der Waals surface area contributed by atoms with Crippen LogP contribution in [0, 0.1) is 0 Å². The van der Waals surface area contributed by atoms with E-state index in [1.165, 1.54) is 0 Å². The normalized spacial score (nSPS) is 11.0. The van der Waals surface area contributed by atoms with Gasteiger partial charge in [-0.1, -0.05) is 13.8 Å². The molecule has 0 aromatic heterocycles. The topological polar surface area (TPSA) is 18.5 Å². The molecule has 2 nitrogen and oxygen atoms in total. The second-order valence-corrected chi connectivity index (χ2v) is 7.10. The van der Waals surface area contributed by atoms with Crippen LogP contribution in [0.1, 0.15) is 26.7 Å². The van der Waals surface area contributed by atoms with Crippen molar-refractivity contribution in [3.63, 3.8) is 0 Å². The first-order chi connectivity index (χ1) is 5.12. The minimum atomic E-state index is -2.31. The quantitative estimate of drug-likeness (QED) is 0.375. The third kappa shape index (κ3) is 10.1. The van der Waals surface area contributed by atoms with Crippen molar-refractivity contribution < 1.29 is 9.05 Å². The Morgan fingerprint density at radius 3 is 1.58 bits per heavy atom. The van der Waals surface area contributed by atoms with Crippen LogP contribution < -0.4 is 0 Å². The molecule has 0 aliphatic carbocycles. The van der Waals surface area contributed by atoms with E-state index >= 15 is 0 Å². The molecule has 0 amide bonds. The Morgan fingerprint density at radius 1 is 1.00 bits per heavy atom. The van der Waals surface area contributed by atoms with Crippen molar-refractivity contribution >= 4 is 57.9 Å². The van der Waals surface area contributed by atoms with E-state index < -0.39 is 6.12 Å². The maximum atomic E-state index is 5.20. The zero-order chi connectivity index (χ0) is 8.74. The molecule has 70 valence electrons. The van der Waals surface area contributed by atoms with Gasteiger partial charge in [0.25, 0.3) is 0 Å². The van der Waals surface area contributed by atoms with Crippen molar-refractivity contribution in [2.45, 2.75) is 26.7 Å². The van der Waals surface area contributed by atoms with Gasteiger partial charge in [0.2, 0.25) is 0 Å². The van der Waals surface area contributed by atoms with Gasteiger partial charge in [-0.05, 0) is 12.8 Å². The molecule has 0 heterocycles. The summed E-state index contributed by atoms with van der Waals surface area (Å²) in [7, 11) is 0. The number of hydrogen-bond donors (Lipinski definition) is 0. The summed E-state index contributed by atoms with van der Waals surface area (Å²) in [5.41, 5.74) is 0. The van der Waals surface area contributed by atoms with E-state index in [-0.39, 0.29) is 27.3 Å². The molecule has 0 bridgehead atoms. The molecule has 0 aromatic carbocycles. The van der Waals surface area contributed by atoms with Crippen LogP contribution in [0.5, 0.6) is 0 Å². The van der Waals surface area contributed by atoms with Gasteiger partial charge in [-0.2, -0.15) is 0 Å². The van der Waals surface area contributed by atoms with Gasteiger partial charge >= 0.3 is 27.3 Å². The van der Waals surface area contributed by atoms with Crippen molar-refractivity contribution in [2.75, 3.05) is 13.2 Å². The Morgan fingerprint density at radius 2 is 1.33 bits per heavy atom. The van der Waals surface area contributed by atoms with Crippen LogP contribution in [-0.4, -0.2) is 40.5 Å². The minimum Gasteiger partial charge on any atom is -0.516 e. The summed E-state index contributed by atoms with van der Waals surface area (Å²) in [6.07, 6.45) is -0.439. The summed E-state index contributed by atoms with van der Waals surface area (Å²) >= 11 is 9.91. The van der Waals surface area contributed by atoms with Crippen molar-refractivity contribution in [2.24, 2.45) is 0 Å². The molecule has 0 unspecified atom stereocenters. The molecule has 6 heteroatoms. The molecule has 0 spiro atoms. The first-order valence-electron chi connectivity index (χ1n) is 3.72. The summed E-state index contributed by atoms with van der Waals surface area (Å²) in [5.74, 6) is 0. The molecule has 0 saturated carbocycles. The monoisotopic (exact) mass is 418 g/mol. The first-order valence-corrected chi connectivity index (χ1v) is 7.37. The Balaban J connectivity index is 0. The Bertz CT molecular complexity index is 95.5. The average molecular weight is 418 g/mol. The molecule has 0 atom stereocenters. The second-order valence-electron chi connectivity index (χ2n) is 2.11. The Kier molecular flexibility index (Phi) is 13.0.